The van der Waals surface area contributed by atoms with Crippen LogP contribution in [0.3, 0.4) is 0 Å². The number of hydrogen-bond acceptors (Lipinski definition) is 4. The van der Waals surface area contributed by atoms with Gasteiger partial charge < -0.3 is 20.1 Å². The number of ether oxygens (including phenoxy) is 1. The van der Waals surface area contributed by atoms with Gasteiger partial charge in [-0.1, -0.05) is 15.9 Å². The van der Waals surface area contributed by atoms with E-state index in [2.05, 4.69) is 21.2 Å². The van der Waals surface area contributed by atoms with Gasteiger partial charge in [0.2, 0.25) is 5.91 Å². The monoisotopic (exact) mass is 406 g/mol. The number of nitrogens with one attached hydrogen (secondary N) is 1. The molecule has 2 rings (SSSR count). The van der Waals surface area contributed by atoms with E-state index in [0.717, 1.165) is 10.0 Å². The number of amides is 2. The zero-order valence-electron chi connectivity index (χ0n) is 14.2. The summed E-state index contributed by atoms with van der Waals surface area (Å²) in [6.45, 7) is 1.74. The van der Waals surface area contributed by atoms with Crippen LogP contribution in [0.4, 0.5) is 5.69 Å². The third kappa shape index (κ3) is 4.73. The topological polar surface area (TPSA) is 78.9 Å². The van der Waals surface area contributed by atoms with Crippen LogP contribution in [0.25, 0.3) is 0 Å². The number of rotatable bonds is 5. The van der Waals surface area contributed by atoms with Crippen LogP contribution in [0.2, 0.25) is 0 Å². The van der Waals surface area contributed by atoms with Gasteiger partial charge in [0.15, 0.2) is 0 Å². The van der Waals surface area contributed by atoms with Crippen molar-refractivity contribution in [3.63, 3.8) is 0 Å². The minimum absolute atomic E-state index is 0.107. The fourth-order valence-corrected chi connectivity index (χ4v) is 2.74. The lowest BCUT2D eigenvalue weighted by atomic mass is 10.1. The molecule has 6 nitrogen and oxygen atoms in total. The molecule has 2 aromatic rings. The molecule has 2 aromatic carbocycles. The number of carbonyl (C=O) groups is 2. The van der Waals surface area contributed by atoms with Crippen molar-refractivity contribution in [2.24, 2.45) is 0 Å². The Morgan fingerprint density at radius 3 is 2.56 bits per heavy atom. The molecule has 2 amide bonds. The van der Waals surface area contributed by atoms with Crippen LogP contribution in [0.5, 0.6) is 11.5 Å². The fourth-order valence-electron chi connectivity index (χ4n) is 2.27. The number of anilines is 1. The second-order valence-electron chi connectivity index (χ2n) is 5.55. The van der Waals surface area contributed by atoms with E-state index in [-0.39, 0.29) is 23.8 Å². The molecule has 0 radical (unpaired) electrons. The number of likely N-dealkylation sites (N-methyl/N-ethyl adjacent to an activating group) is 1. The summed E-state index contributed by atoms with van der Waals surface area (Å²) in [6.07, 6.45) is 0. The van der Waals surface area contributed by atoms with Crippen molar-refractivity contribution < 1.29 is 19.4 Å². The van der Waals surface area contributed by atoms with E-state index in [4.69, 9.17) is 4.74 Å². The number of phenols is 1. The van der Waals surface area contributed by atoms with E-state index in [1.165, 1.54) is 31.2 Å². The Balaban J connectivity index is 2.04. The molecule has 0 unspecified atom stereocenters. The van der Waals surface area contributed by atoms with Crippen molar-refractivity contribution in [3.8, 4) is 11.5 Å². The fraction of sp³-hybridized carbons (Fsp3) is 0.222. The first kappa shape index (κ1) is 18.8. The van der Waals surface area contributed by atoms with Gasteiger partial charge in [-0.25, -0.2) is 0 Å². The Morgan fingerprint density at radius 2 is 1.96 bits per heavy atom. The summed E-state index contributed by atoms with van der Waals surface area (Å²) in [7, 11) is 2.97. The van der Waals surface area contributed by atoms with Gasteiger partial charge >= 0.3 is 0 Å². The van der Waals surface area contributed by atoms with Gasteiger partial charge in [-0.05, 0) is 42.8 Å². The molecule has 132 valence electrons. The minimum Gasteiger partial charge on any atom is -0.507 e. The highest BCUT2D eigenvalue weighted by Gasteiger charge is 2.19. The molecule has 25 heavy (non-hydrogen) atoms. The summed E-state index contributed by atoms with van der Waals surface area (Å²) in [5.41, 5.74) is 1.70. The number of nitrogens with zero attached hydrogens (tertiary/aromatic N) is 1. The zero-order valence-corrected chi connectivity index (χ0v) is 15.8. The average Bonchev–Trinajstić information content (AvgIpc) is 2.56. The van der Waals surface area contributed by atoms with Crippen molar-refractivity contribution >= 4 is 33.4 Å². The molecule has 0 fully saturated rings. The van der Waals surface area contributed by atoms with E-state index in [9.17, 15) is 14.7 Å². The first-order valence-electron chi connectivity index (χ1n) is 7.50. The maximum absolute atomic E-state index is 12.4. The molecular formula is C18H19BrN2O4. The summed E-state index contributed by atoms with van der Waals surface area (Å²) in [4.78, 5) is 25.8. The van der Waals surface area contributed by atoms with Gasteiger partial charge in [0, 0.05) is 23.3 Å². The standard InChI is InChI=1S/C18H19BrN2O4/c1-11-8-12(19)4-7-15(11)20-17(23)10-21(2)18(24)14-6-5-13(25-3)9-16(14)22/h4-9,22H,10H2,1-3H3,(H,20,23). The predicted octanol–water partition coefficient (Wildman–Crippen LogP) is 3.18. The van der Waals surface area contributed by atoms with Crippen LogP contribution in [-0.2, 0) is 4.79 Å². The highest BCUT2D eigenvalue weighted by molar-refractivity contribution is 9.10. The summed E-state index contributed by atoms with van der Waals surface area (Å²) >= 11 is 3.37. The molecule has 0 heterocycles. The summed E-state index contributed by atoms with van der Waals surface area (Å²) in [6, 6.07) is 9.89. The maximum atomic E-state index is 12.4. The molecule has 0 aliphatic heterocycles. The second-order valence-corrected chi connectivity index (χ2v) is 6.47. The molecule has 0 aromatic heterocycles. The molecule has 0 saturated carbocycles. The Labute approximate surface area is 154 Å². The average molecular weight is 407 g/mol. The van der Waals surface area contributed by atoms with Crippen LogP contribution in [-0.4, -0.2) is 42.5 Å². The van der Waals surface area contributed by atoms with Gasteiger partial charge in [0.25, 0.3) is 5.91 Å². The molecule has 0 bridgehead atoms. The highest BCUT2D eigenvalue weighted by atomic mass is 79.9. The number of phenolic OH excluding ortho intramolecular Hbond substituents is 1. The lowest BCUT2D eigenvalue weighted by molar-refractivity contribution is -0.116. The number of benzene rings is 2. The Kier molecular flexibility index (Phi) is 6.03. The third-order valence-electron chi connectivity index (χ3n) is 3.63. The minimum atomic E-state index is -0.456. The number of carbonyl (C=O) groups excluding carboxylic acids is 2. The van der Waals surface area contributed by atoms with Crippen LogP contribution in [0, 0.1) is 6.92 Å². The van der Waals surface area contributed by atoms with Crippen molar-refractivity contribution in [1.29, 1.82) is 0 Å². The lowest BCUT2D eigenvalue weighted by Gasteiger charge is -2.18. The largest absolute Gasteiger partial charge is 0.507 e. The van der Waals surface area contributed by atoms with Crippen molar-refractivity contribution in [2.45, 2.75) is 6.92 Å². The van der Waals surface area contributed by atoms with E-state index < -0.39 is 5.91 Å². The number of aryl methyl sites for hydroxylation is 1. The molecule has 2 N–H and O–H groups in total. The SMILES string of the molecule is COc1ccc(C(=O)N(C)CC(=O)Nc2ccc(Br)cc2C)c(O)c1. The van der Waals surface area contributed by atoms with E-state index in [1.807, 2.05) is 19.1 Å². The van der Waals surface area contributed by atoms with Crippen LogP contribution < -0.4 is 10.1 Å². The van der Waals surface area contributed by atoms with E-state index >= 15 is 0 Å². The summed E-state index contributed by atoms with van der Waals surface area (Å²) in [5.74, 6) is -0.530. The molecule has 0 aliphatic rings. The Hall–Kier alpha value is -2.54. The van der Waals surface area contributed by atoms with Crippen LogP contribution in [0.1, 0.15) is 15.9 Å². The van der Waals surface area contributed by atoms with E-state index in [0.29, 0.717) is 11.4 Å². The van der Waals surface area contributed by atoms with Crippen molar-refractivity contribution in [1.82, 2.24) is 4.90 Å². The first-order valence-corrected chi connectivity index (χ1v) is 8.29. The van der Waals surface area contributed by atoms with E-state index in [1.54, 1.807) is 12.1 Å². The van der Waals surface area contributed by atoms with Gasteiger partial charge in [-0.2, -0.15) is 0 Å². The molecule has 0 aliphatic carbocycles. The smallest absolute Gasteiger partial charge is 0.257 e. The zero-order chi connectivity index (χ0) is 18.6. The summed E-state index contributed by atoms with van der Waals surface area (Å²) < 4.78 is 5.91. The van der Waals surface area contributed by atoms with Gasteiger partial charge in [-0.3, -0.25) is 9.59 Å². The molecule has 7 heteroatoms. The lowest BCUT2D eigenvalue weighted by Crippen LogP contribution is -2.35. The van der Waals surface area contributed by atoms with Gasteiger partial charge in [-0.15, -0.1) is 0 Å². The maximum Gasteiger partial charge on any atom is 0.257 e. The number of halogens is 1. The van der Waals surface area contributed by atoms with Crippen LogP contribution in [0.15, 0.2) is 40.9 Å². The number of hydrogen-bond donors (Lipinski definition) is 2. The number of aromatic hydroxyl groups is 1. The van der Waals surface area contributed by atoms with Crippen molar-refractivity contribution in [3.05, 3.63) is 52.0 Å². The molecular weight excluding hydrogens is 388 g/mol. The normalized spacial score (nSPS) is 10.2. The highest BCUT2D eigenvalue weighted by Crippen LogP contribution is 2.24. The van der Waals surface area contributed by atoms with Gasteiger partial charge in [0.1, 0.15) is 11.5 Å². The van der Waals surface area contributed by atoms with Crippen LogP contribution >= 0.6 is 15.9 Å². The Bertz CT molecular complexity index is 808. The predicted molar refractivity (Wildman–Crippen MR) is 99.1 cm³/mol. The first-order chi connectivity index (χ1) is 11.8. The quantitative estimate of drug-likeness (QED) is 0.798. The van der Waals surface area contributed by atoms with Crippen molar-refractivity contribution in [2.75, 3.05) is 26.0 Å². The molecule has 0 saturated heterocycles. The Morgan fingerprint density at radius 1 is 1.24 bits per heavy atom. The molecule has 0 atom stereocenters. The second kappa shape index (κ2) is 8.02. The third-order valence-corrected chi connectivity index (χ3v) is 4.12. The number of methoxy groups -OCH3 is 1. The molecule has 0 spiro atoms. The van der Waals surface area contributed by atoms with Gasteiger partial charge in [0.05, 0.1) is 19.2 Å². The summed E-state index contributed by atoms with van der Waals surface area (Å²) in [5, 5.41) is 12.7.